The summed E-state index contributed by atoms with van der Waals surface area (Å²) in [6, 6.07) is 9.10. The number of nitrogens with zero attached hydrogens (tertiary/aromatic N) is 2. The van der Waals surface area contributed by atoms with Crippen molar-refractivity contribution in [1.29, 1.82) is 0 Å². The molecule has 3 heteroatoms. The molecule has 0 saturated carbocycles. The Hall–Kier alpha value is -2.19. The zero-order valence-electron chi connectivity index (χ0n) is 19.7. The van der Waals surface area contributed by atoms with Crippen molar-refractivity contribution in [1.82, 2.24) is 0 Å². The number of rotatable bonds is 4. The summed E-state index contributed by atoms with van der Waals surface area (Å²) in [4.78, 5) is 4.97. The van der Waals surface area contributed by atoms with Crippen molar-refractivity contribution in [2.45, 2.75) is 61.6 Å². The lowest BCUT2D eigenvalue weighted by Crippen LogP contribution is -2.40. The van der Waals surface area contributed by atoms with Crippen molar-refractivity contribution in [2.24, 2.45) is 0 Å². The van der Waals surface area contributed by atoms with Gasteiger partial charge in [0.1, 0.15) is 6.17 Å². The third-order valence-corrected chi connectivity index (χ3v) is 6.16. The molecule has 1 aliphatic rings. The van der Waals surface area contributed by atoms with Gasteiger partial charge in [0.05, 0.1) is 5.03 Å². The van der Waals surface area contributed by atoms with Crippen molar-refractivity contribution >= 4 is 23.0 Å². The smallest absolute Gasteiger partial charge is 0.139 e. The molecule has 0 amide bonds. The number of allylic oxidation sites excluding steroid dienone is 3. The van der Waals surface area contributed by atoms with Gasteiger partial charge in [0.25, 0.3) is 0 Å². The molecule has 160 valence electrons. The lowest BCUT2D eigenvalue weighted by atomic mass is 10.0. The summed E-state index contributed by atoms with van der Waals surface area (Å²) in [5, 5.41) is 0.854. The zero-order chi connectivity index (χ0) is 22.2. The lowest BCUT2D eigenvalue weighted by molar-refractivity contribution is 0.779. The van der Waals surface area contributed by atoms with Crippen molar-refractivity contribution in [2.75, 3.05) is 22.9 Å². The highest BCUT2D eigenvalue weighted by atomic mass is 35.5. The fraction of sp³-hybridized carbons (Fsp3) is 0.407. The molecule has 0 spiro atoms. The minimum atomic E-state index is -0.0116. The van der Waals surface area contributed by atoms with Gasteiger partial charge in [-0.05, 0) is 83.7 Å². The van der Waals surface area contributed by atoms with Gasteiger partial charge >= 0.3 is 0 Å². The molecular formula is C27H35ClN2. The van der Waals surface area contributed by atoms with Crippen LogP contribution in [0.25, 0.3) is 0 Å². The van der Waals surface area contributed by atoms with Crippen LogP contribution < -0.4 is 9.80 Å². The molecular weight excluding hydrogens is 388 g/mol. The van der Waals surface area contributed by atoms with Gasteiger partial charge in [0, 0.05) is 24.5 Å². The fourth-order valence-corrected chi connectivity index (χ4v) is 5.28. The average molecular weight is 423 g/mol. The van der Waals surface area contributed by atoms with Crippen LogP contribution in [0.4, 0.5) is 11.4 Å². The monoisotopic (exact) mass is 422 g/mol. The molecule has 2 nitrogen and oxygen atoms in total. The van der Waals surface area contributed by atoms with Gasteiger partial charge in [0.2, 0.25) is 0 Å². The molecule has 2 aromatic rings. The maximum atomic E-state index is 7.03. The fourth-order valence-electron chi connectivity index (χ4n) is 4.98. The molecule has 0 radical (unpaired) electrons. The number of anilines is 2. The molecule has 0 aromatic heterocycles. The predicted molar refractivity (Wildman–Crippen MR) is 133 cm³/mol. The number of hydrogen-bond donors (Lipinski definition) is 0. The Kier molecular flexibility index (Phi) is 6.67. The first-order chi connectivity index (χ1) is 14.1. The van der Waals surface area contributed by atoms with E-state index in [1.165, 1.54) is 50.3 Å². The van der Waals surface area contributed by atoms with Gasteiger partial charge in [0.15, 0.2) is 0 Å². The van der Waals surface area contributed by atoms with Crippen LogP contribution in [0.3, 0.4) is 0 Å². The Morgan fingerprint density at radius 2 is 1.10 bits per heavy atom. The second-order valence-electron chi connectivity index (χ2n) is 9.05. The second kappa shape index (κ2) is 8.89. The number of hydrogen-bond acceptors (Lipinski definition) is 2. The van der Waals surface area contributed by atoms with E-state index in [0.717, 1.165) is 18.1 Å². The van der Waals surface area contributed by atoms with Crippen LogP contribution in [0.5, 0.6) is 0 Å². The van der Waals surface area contributed by atoms with E-state index in [0.29, 0.717) is 0 Å². The van der Waals surface area contributed by atoms with Crippen LogP contribution in [0, 0.1) is 41.5 Å². The Morgan fingerprint density at radius 1 is 0.733 bits per heavy atom. The Balaban J connectivity index is 2.17. The van der Waals surface area contributed by atoms with Crippen molar-refractivity contribution < 1.29 is 0 Å². The molecule has 0 unspecified atom stereocenters. The summed E-state index contributed by atoms with van der Waals surface area (Å²) < 4.78 is 0. The second-order valence-corrected chi connectivity index (χ2v) is 9.49. The summed E-state index contributed by atoms with van der Waals surface area (Å²) in [6.45, 7) is 19.3. The Morgan fingerprint density at radius 3 is 1.43 bits per heavy atom. The molecule has 3 rings (SSSR count). The lowest BCUT2D eigenvalue weighted by Gasteiger charge is -2.35. The van der Waals surface area contributed by atoms with Gasteiger partial charge in [-0.2, -0.15) is 0 Å². The van der Waals surface area contributed by atoms with Crippen LogP contribution >= 0.6 is 11.6 Å². The van der Waals surface area contributed by atoms with Crippen molar-refractivity contribution in [3.05, 3.63) is 80.4 Å². The minimum Gasteiger partial charge on any atom is -0.344 e. The highest BCUT2D eigenvalue weighted by Gasteiger charge is 2.37. The molecule has 0 atom stereocenters. The first kappa shape index (κ1) is 22.5. The van der Waals surface area contributed by atoms with Crippen LogP contribution in [0.2, 0.25) is 0 Å². The first-order valence-electron chi connectivity index (χ1n) is 10.8. The van der Waals surface area contributed by atoms with Gasteiger partial charge in [-0.3, -0.25) is 0 Å². The third-order valence-electron chi connectivity index (χ3n) is 5.84. The zero-order valence-corrected chi connectivity index (χ0v) is 20.5. The highest BCUT2D eigenvalue weighted by molar-refractivity contribution is 6.31. The van der Waals surface area contributed by atoms with Gasteiger partial charge in [-0.25, -0.2) is 0 Å². The summed E-state index contributed by atoms with van der Waals surface area (Å²) >= 11 is 7.03. The molecule has 1 aliphatic heterocycles. The maximum Gasteiger partial charge on any atom is 0.139 e. The third kappa shape index (κ3) is 4.44. The van der Waals surface area contributed by atoms with E-state index in [2.05, 4.69) is 102 Å². The molecule has 1 saturated heterocycles. The largest absolute Gasteiger partial charge is 0.344 e. The topological polar surface area (TPSA) is 6.48 Å². The van der Waals surface area contributed by atoms with Gasteiger partial charge < -0.3 is 9.80 Å². The maximum absolute atomic E-state index is 7.03. The van der Waals surface area contributed by atoms with Crippen LogP contribution in [-0.2, 0) is 0 Å². The van der Waals surface area contributed by atoms with E-state index in [-0.39, 0.29) is 6.17 Å². The van der Waals surface area contributed by atoms with Crippen molar-refractivity contribution in [3.63, 3.8) is 0 Å². The standard InChI is InChI=1S/C27H35ClN2/c1-17(2)9-10-24(28)27-29(25-20(5)13-18(3)14-21(25)6)11-12-30(27)26-22(7)15-19(4)16-23(26)8/h9-10,13-16,27H,11-12H2,1-8H3/b24-10+. The van der Waals surface area contributed by atoms with Crippen LogP contribution in [0.1, 0.15) is 47.2 Å². The van der Waals surface area contributed by atoms with Crippen molar-refractivity contribution in [3.8, 4) is 0 Å². The van der Waals surface area contributed by atoms with Crippen LogP contribution in [-0.4, -0.2) is 19.3 Å². The Labute approximate surface area is 187 Å². The average Bonchev–Trinajstić information content (AvgIpc) is 3.02. The van der Waals surface area contributed by atoms with E-state index >= 15 is 0 Å². The summed E-state index contributed by atoms with van der Waals surface area (Å²) in [6.07, 6.45) is 4.17. The first-order valence-corrected chi connectivity index (χ1v) is 11.2. The number of aryl methyl sites for hydroxylation is 6. The molecule has 0 aliphatic carbocycles. The number of halogens is 1. The highest BCUT2D eigenvalue weighted by Crippen LogP contribution is 2.39. The Bertz CT molecular complexity index is 900. The summed E-state index contributed by atoms with van der Waals surface area (Å²) in [7, 11) is 0. The van der Waals surface area contributed by atoms with E-state index in [1.807, 2.05) is 0 Å². The predicted octanol–water partition coefficient (Wildman–Crippen LogP) is 7.28. The van der Waals surface area contributed by atoms with E-state index < -0.39 is 0 Å². The molecule has 30 heavy (non-hydrogen) atoms. The normalized spacial score (nSPS) is 15.2. The van der Waals surface area contributed by atoms with E-state index in [1.54, 1.807) is 0 Å². The summed E-state index contributed by atoms with van der Waals surface area (Å²) in [5.41, 5.74) is 11.7. The SMILES string of the molecule is CC(C)=C/C=C(/Cl)C1N(c2c(C)cc(C)cc2C)CCN1c1c(C)cc(C)cc1C. The van der Waals surface area contributed by atoms with Gasteiger partial charge in [-0.15, -0.1) is 0 Å². The minimum absolute atomic E-state index is 0.0116. The molecule has 2 aromatic carbocycles. The van der Waals surface area contributed by atoms with Gasteiger partial charge in [-0.1, -0.05) is 58.6 Å². The van der Waals surface area contributed by atoms with Crippen LogP contribution in [0.15, 0.2) is 47.0 Å². The van der Waals surface area contributed by atoms with E-state index in [4.69, 9.17) is 11.6 Å². The molecule has 1 fully saturated rings. The summed E-state index contributed by atoms with van der Waals surface area (Å²) in [5.74, 6) is 0. The molecule has 0 bridgehead atoms. The number of benzene rings is 2. The molecule has 1 heterocycles. The quantitative estimate of drug-likeness (QED) is 0.477. The molecule has 0 N–H and O–H groups in total. The van der Waals surface area contributed by atoms with E-state index in [9.17, 15) is 0 Å².